The van der Waals surface area contributed by atoms with Crippen molar-refractivity contribution in [2.45, 2.75) is 13.8 Å². The van der Waals surface area contributed by atoms with Gasteiger partial charge in [-0.25, -0.2) is 9.97 Å². The number of aromatic nitrogens is 2. The normalized spacial score (nSPS) is 10.2. The molecule has 1 heterocycles. The summed E-state index contributed by atoms with van der Waals surface area (Å²) in [6.07, 6.45) is 1.56. The van der Waals surface area contributed by atoms with E-state index in [1.54, 1.807) is 6.33 Å². The highest BCUT2D eigenvalue weighted by Crippen LogP contribution is 2.26. The van der Waals surface area contributed by atoms with Crippen LogP contribution in [-0.2, 0) is 0 Å². The lowest BCUT2D eigenvalue weighted by molar-refractivity contribution is 1.11. The maximum atomic E-state index is 4.30. The van der Waals surface area contributed by atoms with Gasteiger partial charge in [0, 0.05) is 38.1 Å². The third-order valence-corrected chi connectivity index (χ3v) is 3.27. The van der Waals surface area contributed by atoms with E-state index in [0.717, 1.165) is 22.9 Å². The first-order valence-electron chi connectivity index (χ1n) is 6.57. The van der Waals surface area contributed by atoms with Crippen molar-refractivity contribution in [3.05, 3.63) is 35.7 Å². The molecule has 0 saturated heterocycles. The number of benzene rings is 1. The van der Waals surface area contributed by atoms with E-state index in [1.807, 2.05) is 28.1 Å². The van der Waals surface area contributed by atoms with Gasteiger partial charge in [-0.3, -0.25) is 0 Å². The molecule has 2 N–H and O–H groups in total. The zero-order chi connectivity index (χ0) is 14.7. The molecule has 0 aliphatic carbocycles. The lowest BCUT2D eigenvalue weighted by Gasteiger charge is -2.18. The van der Waals surface area contributed by atoms with Gasteiger partial charge in [0.15, 0.2) is 0 Å². The monoisotopic (exact) mass is 271 g/mol. The van der Waals surface area contributed by atoms with Crippen molar-refractivity contribution in [3.63, 3.8) is 0 Å². The zero-order valence-electron chi connectivity index (χ0n) is 12.7. The Balaban J connectivity index is 2.33. The fraction of sp³-hybridized carbons (Fsp3) is 0.333. The first-order chi connectivity index (χ1) is 9.52. The summed E-state index contributed by atoms with van der Waals surface area (Å²) in [4.78, 5) is 10.6. The molecule has 0 fully saturated rings. The van der Waals surface area contributed by atoms with Gasteiger partial charge in [-0.15, -0.1) is 0 Å². The molecule has 0 radical (unpaired) electrons. The molecule has 1 aromatic carbocycles. The highest BCUT2D eigenvalue weighted by atomic mass is 15.1. The SMILES string of the molecule is CNc1ncnc(Nc2ccc(C)c(N(C)C)c2)c1C. The van der Waals surface area contributed by atoms with Gasteiger partial charge >= 0.3 is 0 Å². The van der Waals surface area contributed by atoms with Crippen molar-refractivity contribution in [2.75, 3.05) is 36.7 Å². The van der Waals surface area contributed by atoms with Crippen LogP contribution in [0.4, 0.5) is 23.0 Å². The largest absolute Gasteiger partial charge is 0.377 e. The standard InChI is InChI=1S/C15H21N5/c1-10-6-7-12(8-13(10)20(4)5)19-15-11(2)14(16-3)17-9-18-15/h6-9H,1-5H3,(H2,16,17,18,19). The second kappa shape index (κ2) is 5.77. The molecule has 0 bridgehead atoms. The Kier molecular flexibility index (Phi) is 4.08. The minimum absolute atomic E-state index is 0.818. The lowest BCUT2D eigenvalue weighted by atomic mass is 10.1. The predicted octanol–water partition coefficient (Wildman–Crippen LogP) is 2.94. The Hall–Kier alpha value is -2.30. The van der Waals surface area contributed by atoms with Crippen LogP contribution in [-0.4, -0.2) is 31.1 Å². The fourth-order valence-corrected chi connectivity index (χ4v) is 2.13. The molecule has 20 heavy (non-hydrogen) atoms. The van der Waals surface area contributed by atoms with E-state index in [0.29, 0.717) is 0 Å². The van der Waals surface area contributed by atoms with Crippen molar-refractivity contribution >= 4 is 23.0 Å². The van der Waals surface area contributed by atoms with Crippen LogP contribution in [0.3, 0.4) is 0 Å². The average Bonchev–Trinajstić information content (AvgIpc) is 2.43. The van der Waals surface area contributed by atoms with Crippen LogP contribution in [0.1, 0.15) is 11.1 Å². The lowest BCUT2D eigenvalue weighted by Crippen LogP contribution is -2.10. The molecule has 5 nitrogen and oxygen atoms in total. The Bertz CT molecular complexity index is 607. The van der Waals surface area contributed by atoms with Crippen molar-refractivity contribution in [3.8, 4) is 0 Å². The van der Waals surface area contributed by atoms with Crippen LogP contribution in [0.2, 0.25) is 0 Å². The van der Waals surface area contributed by atoms with E-state index in [1.165, 1.54) is 11.3 Å². The molecular weight excluding hydrogens is 250 g/mol. The molecule has 2 rings (SSSR count). The van der Waals surface area contributed by atoms with E-state index in [9.17, 15) is 0 Å². The summed E-state index contributed by atoms with van der Waals surface area (Å²) in [6, 6.07) is 6.28. The van der Waals surface area contributed by atoms with Crippen LogP contribution in [0.5, 0.6) is 0 Å². The number of hydrogen-bond donors (Lipinski definition) is 2. The van der Waals surface area contributed by atoms with Crippen LogP contribution in [0.25, 0.3) is 0 Å². The van der Waals surface area contributed by atoms with E-state index in [2.05, 4.69) is 50.6 Å². The Morgan fingerprint density at radius 3 is 2.40 bits per heavy atom. The maximum absolute atomic E-state index is 4.30. The minimum Gasteiger partial charge on any atom is -0.377 e. The van der Waals surface area contributed by atoms with E-state index < -0.39 is 0 Å². The first-order valence-corrected chi connectivity index (χ1v) is 6.57. The summed E-state index contributed by atoms with van der Waals surface area (Å²) in [5, 5.41) is 6.41. The minimum atomic E-state index is 0.818. The highest BCUT2D eigenvalue weighted by Gasteiger charge is 2.07. The molecular formula is C15H21N5. The summed E-state index contributed by atoms with van der Waals surface area (Å²) in [5.74, 6) is 1.65. The molecule has 5 heteroatoms. The van der Waals surface area contributed by atoms with Crippen LogP contribution >= 0.6 is 0 Å². The molecule has 0 unspecified atom stereocenters. The second-order valence-electron chi connectivity index (χ2n) is 4.97. The molecule has 106 valence electrons. The van der Waals surface area contributed by atoms with Gasteiger partial charge in [-0.05, 0) is 31.5 Å². The highest BCUT2D eigenvalue weighted by molar-refractivity contribution is 5.69. The van der Waals surface area contributed by atoms with Crippen molar-refractivity contribution in [1.82, 2.24) is 9.97 Å². The molecule has 0 amide bonds. The summed E-state index contributed by atoms with van der Waals surface area (Å²) in [7, 11) is 5.94. The number of nitrogens with zero attached hydrogens (tertiary/aromatic N) is 3. The summed E-state index contributed by atoms with van der Waals surface area (Å²) < 4.78 is 0. The first kappa shape index (κ1) is 14.1. The van der Waals surface area contributed by atoms with Gasteiger partial charge in [-0.1, -0.05) is 6.07 Å². The van der Waals surface area contributed by atoms with Gasteiger partial charge in [0.2, 0.25) is 0 Å². The molecule has 0 spiro atoms. The molecule has 0 atom stereocenters. The summed E-state index contributed by atoms with van der Waals surface area (Å²) in [5.41, 5.74) is 4.46. The number of rotatable bonds is 4. The van der Waals surface area contributed by atoms with Crippen LogP contribution in [0.15, 0.2) is 24.5 Å². The summed E-state index contributed by atoms with van der Waals surface area (Å²) >= 11 is 0. The van der Waals surface area contributed by atoms with Crippen molar-refractivity contribution < 1.29 is 0 Å². The van der Waals surface area contributed by atoms with Gasteiger partial charge in [0.05, 0.1) is 0 Å². The molecule has 0 saturated carbocycles. The number of aryl methyl sites for hydroxylation is 1. The van der Waals surface area contributed by atoms with Gasteiger partial charge in [-0.2, -0.15) is 0 Å². The smallest absolute Gasteiger partial charge is 0.138 e. The Morgan fingerprint density at radius 2 is 1.75 bits per heavy atom. The number of hydrogen-bond acceptors (Lipinski definition) is 5. The van der Waals surface area contributed by atoms with E-state index in [4.69, 9.17) is 0 Å². The maximum Gasteiger partial charge on any atom is 0.138 e. The van der Waals surface area contributed by atoms with E-state index >= 15 is 0 Å². The Morgan fingerprint density at radius 1 is 1.05 bits per heavy atom. The predicted molar refractivity (Wildman–Crippen MR) is 85.1 cm³/mol. The van der Waals surface area contributed by atoms with Gasteiger partial charge < -0.3 is 15.5 Å². The molecule has 0 aliphatic rings. The number of nitrogens with one attached hydrogen (secondary N) is 2. The third kappa shape index (κ3) is 2.82. The molecule has 2 aromatic rings. The third-order valence-electron chi connectivity index (χ3n) is 3.27. The van der Waals surface area contributed by atoms with Gasteiger partial charge in [0.1, 0.15) is 18.0 Å². The topological polar surface area (TPSA) is 53.1 Å². The Labute approximate surface area is 120 Å². The van der Waals surface area contributed by atoms with Crippen molar-refractivity contribution in [2.24, 2.45) is 0 Å². The van der Waals surface area contributed by atoms with Gasteiger partial charge in [0.25, 0.3) is 0 Å². The second-order valence-corrected chi connectivity index (χ2v) is 4.97. The number of anilines is 4. The fourth-order valence-electron chi connectivity index (χ4n) is 2.13. The summed E-state index contributed by atoms with van der Waals surface area (Å²) in [6.45, 7) is 4.10. The average molecular weight is 271 g/mol. The van der Waals surface area contributed by atoms with Crippen LogP contribution < -0.4 is 15.5 Å². The molecule has 0 aliphatic heterocycles. The van der Waals surface area contributed by atoms with Crippen LogP contribution in [0, 0.1) is 13.8 Å². The molecule has 1 aromatic heterocycles. The van der Waals surface area contributed by atoms with E-state index in [-0.39, 0.29) is 0 Å². The quantitative estimate of drug-likeness (QED) is 0.895. The zero-order valence-corrected chi connectivity index (χ0v) is 12.7. The van der Waals surface area contributed by atoms with Crippen molar-refractivity contribution in [1.29, 1.82) is 0 Å².